The molecule has 0 atom stereocenters. The number of aromatic nitrogens is 2. The number of nitrogens with zero attached hydrogens (tertiary/aromatic N) is 3. The molecule has 0 amide bonds. The van der Waals surface area contributed by atoms with E-state index in [-0.39, 0.29) is 5.41 Å². The van der Waals surface area contributed by atoms with Gasteiger partial charge < -0.3 is 4.57 Å². The van der Waals surface area contributed by atoms with E-state index in [1.807, 2.05) is 45.2 Å². The molecule has 2 heterocycles. The average molecular weight is 513 g/mol. The highest BCUT2D eigenvalue weighted by Gasteiger charge is 2.28. The van der Waals surface area contributed by atoms with Gasteiger partial charge in [0.15, 0.2) is 0 Å². The first-order valence-corrected chi connectivity index (χ1v) is 14.1. The molecule has 188 valence electrons. The summed E-state index contributed by atoms with van der Waals surface area (Å²) in [7, 11) is -3.73. The molecule has 35 heavy (non-hydrogen) atoms. The molecule has 2 aromatic heterocycles. The highest BCUT2D eigenvalue weighted by molar-refractivity contribution is 7.91. The van der Waals surface area contributed by atoms with Crippen LogP contribution in [0.3, 0.4) is 0 Å². The molecule has 1 aromatic carbocycles. The average Bonchev–Trinajstić information content (AvgIpc) is 3.33. The van der Waals surface area contributed by atoms with Gasteiger partial charge in [0, 0.05) is 33.8 Å². The largest absolute Gasteiger partial charge is 0.330 e. The summed E-state index contributed by atoms with van der Waals surface area (Å²) in [6.45, 7) is 16.6. The highest BCUT2D eigenvalue weighted by atomic mass is 32.2. The molecule has 0 saturated carbocycles. The molecule has 0 aliphatic heterocycles. The molecule has 0 aliphatic rings. The first kappa shape index (κ1) is 27.1. The van der Waals surface area contributed by atoms with Crippen molar-refractivity contribution in [3.8, 4) is 17.2 Å². The van der Waals surface area contributed by atoms with E-state index in [4.69, 9.17) is 0 Å². The lowest BCUT2D eigenvalue weighted by atomic mass is 9.95. The minimum Gasteiger partial charge on any atom is -0.330 e. The second-order valence-electron chi connectivity index (χ2n) is 11.5. The van der Waals surface area contributed by atoms with E-state index < -0.39 is 15.6 Å². The number of rotatable bonds is 7. The summed E-state index contributed by atoms with van der Waals surface area (Å²) in [6.07, 6.45) is 4.50. The van der Waals surface area contributed by atoms with Gasteiger partial charge >= 0.3 is 0 Å². The fourth-order valence-electron chi connectivity index (χ4n) is 4.03. The molecule has 0 radical (unpaired) electrons. The first-order valence-electron chi connectivity index (χ1n) is 11.8. The van der Waals surface area contributed by atoms with E-state index in [1.165, 1.54) is 11.3 Å². The number of thiophene rings is 1. The van der Waals surface area contributed by atoms with Gasteiger partial charge in [0.05, 0.1) is 18.2 Å². The lowest BCUT2D eigenvalue weighted by Crippen LogP contribution is -2.40. The molecule has 0 aliphatic carbocycles. The quantitative estimate of drug-likeness (QED) is 0.414. The van der Waals surface area contributed by atoms with Gasteiger partial charge in [0.2, 0.25) is 0 Å². The summed E-state index contributed by atoms with van der Waals surface area (Å²) in [5.41, 5.74) is 2.05. The molecule has 0 bridgehead atoms. The molecule has 8 heteroatoms. The predicted molar refractivity (Wildman–Crippen MR) is 143 cm³/mol. The number of hydrogen-bond acceptors (Lipinski definition) is 5. The van der Waals surface area contributed by atoms with Crippen LogP contribution in [0.1, 0.15) is 77.2 Å². The van der Waals surface area contributed by atoms with Crippen LogP contribution in [0.15, 0.2) is 40.9 Å². The van der Waals surface area contributed by atoms with Crippen molar-refractivity contribution in [1.29, 1.82) is 5.26 Å². The Hall–Kier alpha value is -2.47. The topological polar surface area (TPSA) is 87.8 Å². The van der Waals surface area contributed by atoms with Crippen LogP contribution in [0.2, 0.25) is 0 Å². The van der Waals surface area contributed by atoms with Crippen molar-refractivity contribution in [2.45, 2.75) is 83.5 Å². The molecule has 0 fully saturated rings. The zero-order valence-corrected chi connectivity index (χ0v) is 23.6. The Bertz CT molecular complexity index is 1340. The number of hydrogen-bond donors (Lipinski definition) is 1. The minimum absolute atomic E-state index is 0.122. The minimum atomic E-state index is -3.73. The van der Waals surface area contributed by atoms with E-state index in [0.29, 0.717) is 27.8 Å². The second-order valence-corrected chi connectivity index (χ2v) is 14.5. The summed E-state index contributed by atoms with van der Waals surface area (Å²) in [4.78, 5) is 5.52. The SMILES string of the molecule is CC(C)Cc1cc(-c2ccc(Cn3ccnc3C(C)(C)C)c(C#N)c2)c(S(=O)(=O)NC(C)(C)C)s1. The molecule has 6 nitrogen and oxygen atoms in total. The second kappa shape index (κ2) is 9.88. The Kier molecular flexibility index (Phi) is 7.66. The maximum Gasteiger partial charge on any atom is 0.251 e. The fraction of sp³-hybridized carbons (Fsp3) is 0.481. The van der Waals surface area contributed by atoms with Crippen LogP contribution in [-0.4, -0.2) is 23.5 Å². The molecule has 3 aromatic rings. The zero-order chi connectivity index (χ0) is 26.2. The van der Waals surface area contributed by atoms with Gasteiger partial charge in [-0.2, -0.15) is 5.26 Å². The number of imidazole rings is 1. The van der Waals surface area contributed by atoms with E-state index in [1.54, 1.807) is 12.3 Å². The van der Waals surface area contributed by atoms with Gasteiger partial charge in [0.25, 0.3) is 10.0 Å². The zero-order valence-electron chi connectivity index (χ0n) is 21.9. The first-order chi connectivity index (χ1) is 16.1. The van der Waals surface area contributed by atoms with Crippen molar-refractivity contribution in [3.05, 3.63) is 58.5 Å². The normalized spacial score (nSPS) is 12.8. The summed E-state index contributed by atoms with van der Waals surface area (Å²) in [6, 6.07) is 9.93. The van der Waals surface area contributed by atoms with E-state index in [9.17, 15) is 13.7 Å². The van der Waals surface area contributed by atoms with Gasteiger partial charge in [-0.25, -0.2) is 18.1 Å². The molecular weight excluding hydrogens is 476 g/mol. The smallest absolute Gasteiger partial charge is 0.251 e. The van der Waals surface area contributed by atoms with E-state index in [0.717, 1.165) is 28.2 Å². The number of benzene rings is 1. The third-order valence-electron chi connectivity index (χ3n) is 5.31. The van der Waals surface area contributed by atoms with Crippen molar-refractivity contribution in [1.82, 2.24) is 14.3 Å². The Morgan fingerprint density at radius 1 is 1.14 bits per heavy atom. The fourth-order valence-corrected chi connectivity index (χ4v) is 7.40. The molecule has 0 unspecified atom stereocenters. The summed E-state index contributed by atoms with van der Waals surface area (Å²) < 4.78 is 31.8. The van der Waals surface area contributed by atoms with Gasteiger partial charge in [-0.1, -0.05) is 46.8 Å². The summed E-state index contributed by atoms with van der Waals surface area (Å²) >= 11 is 1.31. The highest BCUT2D eigenvalue weighted by Crippen LogP contribution is 2.37. The van der Waals surface area contributed by atoms with Gasteiger partial charge in [-0.3, -0.25) is 0 Å². The molecule has 3 rings (SSSR count). The lowest BCUT2D eigenvalue weighted by Gasteiger charge is -2.21. The number of nitriles is 1. The van der Waals surface area contributed by atoms with Crippen molar-refractivity contribution >= 4 is 21.4 Å². The molecular formula is C27H36N4O2S2. The van der Waals surface area contributed by atoms with Crippen molar-refractivity contribution in [2.75, 3.05) is 0 Å². The number of sulfonamides is 1. The third kappa shape index (κ3) is 6.60. The van der Waals surface area contributed by atoms with Crippen LogP contribution in [-0.2, 0) is 28.4 Å². The molecule has 0 saturated heterocycles. The Balaban J connectivity index is 2.08. The van der Waals surface area contributed by atoms with Crippen LogP contribution in [0.4, 0.5) is 0 Å². The van der Waals surface area contributed by atoms with E-state index in [2.05, 4.69) is 55.0 Å². The summed E-state index contributed by atoms with van der Waals surface area (Å²) in [5.74, 6) is 1.35. The number of nitrogens with one attached hydrogen (secondary N) is 1. The van der Waals surface area contributed by atoms with E-state index >= 15 is 0 Å². The Morgan fingerprint density at radius 3 is 2.40 bits per heavy atom. The van der Waals surface area contributed by atoms with Gasteiger partial charge in [-0.15, -0.1) is 11.3 Å². The van der Waals surface area contributed by atoms with Crippen LogP contribution < -0.4 is 4.72 Å². The van der Waals surface area contributed by atoms with Gasteiger partial charge in [-0.05, 0) is 56.4 Å². The Labute approximate surface area is 214 Å². The monoisotopic (exact) mass is 512 g/mol. The van der Waals surface area contributed by atoms with Crippen LogP contribution in [0.5, 0.6) is 0 Å². The van der Waals surface area contributed by atoms with Crippen molar-refractivity contribution in [3.63, 3.8) is 0 Å². The predicted octanol–water partition coefficient (Wildman–Crippen LogP) is 6.10. The van der Waals surface area contributed by atoms with Crippen molar-refractivity contribution < 1.29 is 8.42 Å². The lowest BCUT2D eigenvalue weighted by molar-refractivity contribution is 0.493. The third-order valence-corrected chi connectivity index (χ3v) is 8.76. The van der Waals surface area contributed by atoms with Crippen LogP contribution in [0.25, 0.3) is 11.1 Å². The summed E-state index contributed by atoms with van der Waals surface area (Å²) in [5, 5.41) is 9.95. The maximum absolute atomic E-state index is 13.3. The van der Waals surface area contributed by atoms with Crippen LogP contribution >= 0.6 is 11.3 Å². The maximum atomic E-state index is 13.3. The van der Waals surface area contributed by atoms with Gasteiger partial charge in [0.1, 0.15) is 10.0 Å². The molecule has 0 spiro atoms. The van der Waals surface area contributed by atoms with Crippen molar-refractivity contribution in [2.24, 2.45) is 5.92 Å². The molecule has 1 N–H and O–H groups in total. The Morgan fingerprint density at radius 2 is 1.83 bits per heavy atom. The van der Waals surface area contributed by atoms with Crippen LogP contribution in [0, 0.1) is 17.2 Å². The standard InChI is InChI=1S/C27H36N4O2S2/c1-18(2)13-22-15-23(24(34-22)35(32,33)30-27(6,7)8)19-9-10-20(21(14-19)16-28)17-31-12-11-29-25(31)26(3,4)5/h9-12,14-15,18,30H,13,17H2,1-8H3.